The second-order valence-corrected chi connectivity index (χ2v) is 4.75. The van der Waals surface area contributed by atoms with E-state index in [1.807, 2.05) is 17.7 Å². The normalized spacial score (nSPS) is 10.3. The van der Waals surface area contributed by atoms with Gasteiger partial charge in [0.05, 0.1) is 0 Å². The highest BCUT2D eigenvalue weighted by atomic mass is 79.9. The van der Waals surface area contributed by atoms with E-state index in [-0.39, 0.29) is 5.78 Å². The van der Waals surface area contributed by atoms with Gasteiger partial charge in [-0.2, -0.15) is 11.3 Å². The molecule has 0 aliphatic rings. The Kier molecular flexibility index (Phi) is 2.98. The van der Waals surface area contributed by atoms with Crippen LogP contribution in [0.5, 0.6) is 0 Å². The maximum atomic E-state index is 12.0. The minimum Gasteiger partial charge on any atom is -0.289 e. The lowest BCUT2D eigenvalue weighted by atomic mass is 10.1. The third-order valence-electron chi connectivity index (χ3n) is 2.02. The minimum absolute atomic E-state index is 0.0358. The first-order valence-electron chi connectivity index (χ1n) is 4.37. The zero-order chi connectivity index (χ0) is 10.8. The predicted molar refractivity (Wildman–Crippen MR) is 64.4 cm³/mol. The average molecular weight is 282 g/mol. The number of rotatable bonds is 2. The number of halogens is 1. The van der Waals surface area contributed by atoms with Crippen LogP contribution in [0.15, 0.2) is 33.6 Å². The summed E-state index contributed by atoms with van der Waals surface area (Å²) in [6.45, 7) is 1.87. The van der Waals surface area contributed by atoms with Crippen molar-refractivity contribution in [2.45, 2.75) is 6.92 Å². The molecule has 2 aromatic heterocycles. The van der Waals surface area contributed by atoms with E-state index in [1.54, 1.807) is 18.3 Å². The number of hydrogen-bond donors (Lipinski definition) is 0. The Labute approximate surface area is 100 Å². The molecule has 0 amide bonds. The molecule has 2 heterocycles. The van der Waals surface area contributed by atoms with Crippen LogP contribution < -0.4 is 0 Å². The van der Waals surface area contributed by atoms with Crippen molar-refractivity contribution in [1.29, 1.82) is 0 Å². The summed E-state index contributed by atoms with van der Waals surface area (Å²) in [7, 11) is 0. The van der Waals surface area contributed by atoms with Gasteiger partial charge < -0.3 is 0 Å². The first-order chi connectivity index (χ1) is 7.18. The number of hydrogen-bond acceptors (Lipinski definition) is 3. The number of nitrogens with zero attached hydrogens (tertiary/aromatic N) is 1. The van der Waals surface area contributed by atoms with E-state index in [9.17, 15) is 4.79 Å². The van der Waals surface area contributed by atoms with Crippen LogP contribution in [0, 0.1) is 6.92 Å². The molecule has 0 fully saturated rings. The molecule has 2 aromatic rings. The maximum Gasteiger partial charge on any atom is 0.195 e. The molecule has 15 heavy (non-hydrogen) atoms. The van der Waals surface area contributed by atoms with Crippen LogP contribution in [-0.2, 0) is 0 Å². The zero-order valence-corrected chi connectivity index (χ0v) is 10.4. The van der Waals surface area contributed by atoms with Crippen LogP contribution in [-0.4, -0.2) is 10.8 Å². The summed E-state index contributed by atoms with van der Waals surface area (Å²) in [5, 5.41) is 3.75. The maximum absolute atomic E-state index is 12.0. The largest absolute Gasteiger partial charge is 0.289 e. The summed E-state index contributed by atoms with van der Waals surface area (Å²) in [5.74, 6) is 0.0358. The molecule has 0 saturated heterocycles. The summed E-state index contributed by atoms with van der Waals surface area (Å²) < 4.78 is 0.854. The lowest BCUT2D eigenvalue weighted by molar-refractivity contribution is 0.103. The fourth-order valence-electron chi connectivity index (χ4n) is 1.29. The van der Waals surface area contributed by atoms with Gasteiger partial charge in [0, 0.05) is 38.3 Å². The van der Waals surface area contributed by atoms with Crippen LogP contribution >= 0.6 is 27.3 Å². The number of aromatic nitrogens is 1. The smallest absolute Gasteiger partial charge is 0.195 e. The van der Waals surface area contributed by atoms with Gasteiger partial charge in [-0.3, -0.25) is 9.78 Å². The molecular formula is C11H8BrNOS. The Morgan fingerprint density at radius 3 is 2.87 bits per heavy atom. The highest BCUT2D eigenvalue weighted by Gasteiger charge is 2.13. The quantitative estimate of drug-likeness (QED) is 0.790. The molecule has 0 spiro atoms. The van der Waals surface area contributed by atoms with Gasteiger partial charge in [0.15, 0.2) is 5.78 Å². The SMILES string of the molecule is Cc1cc(C(=O)c2cscc2Br)ccn1. The van der Waals surface area contributed by atoms with Gasteiger partial charge in [-0.1, -0.05) is 0 Å². The topological polar surface area (TPSA) is 30.0 Å². The molecule has 4 heteroatoms. The van der Waals surface area contributed by atoms with Crippen molar-refractivity contribution < 1.29 is 4.79 Å². The molecule has 0 aliphatic heterocycles. The zero-order valence-electron chi connectivity index (χ0n) is 8.03. The summed E-state index contributed by atoms with van der Waals surface area (Å²) >= 11 is 4.87. The second-order valence-electron chi connectivity index (χ2n) is 3.15. The van der Waals surface area contributed by atoms with Gasteiger partial charge >= 0.3 is 0 Å². The minimum atomic E-state index is 0.0358. The number of thiophene rings is 1. The molecule has 76 valence electrons. The van der Waals surface area contributed by atoms with E-state index in [2.05, 4.69) is 20.9 Å². The Bertz CT molecular complexity index is 507. The van der Waals surface area contributed by atoms with Crippen LogP contribution in [0.1, 0.15) is 21.6 Å². The summed E-state index contributed by atoms with van der Waals surface area (Å²) in [4.78, 5) is 16.1. The molecule has 0 atom stereocenters. The number of pyridine rings is 1. The molecule has 0 saturated carbocycles. The molecule has 2 rings (SSSR count). The van der Waals surface area contributed by atoms with Gasteiger partial charge in [0.25, 0.3) is 0 Å². The highest BCUT2D eigenvalue weighted by molar-refractivity contribution is 9.10. The number of ketones is 1. The molecule has 0 aliphatic carbocycles. The lowest BCUT2D eigenvalue weighted by Gasteiger charge is -2.00. The second kappa shape index (κ2) is 4.24. The predicted octanol–water partition coefficient (Wildman–Crippen LogP) is 3.45. The van der Waals surface area contributed by atoms with E-state index in [0.29, 0.717) is 11.1 Å². The number of aryl methyl sites for hydroxylation is 1. The monoisotopic (exact) mass is 281 g/mol. The number of carbonyl (C=O) groups excluding carboxylic acids is 1. The molecule has 0 bridgehead atoms. The summed E-state index contributed by atoms with van der Waals surface area (Å²) in [6, 6.07) is 3.53. The van der Waals surface area contributed by atoms with E-state index in [4.69, 9.17) is 0 Å². The van der Waals surface area contributed by atoms with Crippen molar-refractivity contribution in [1.82, 2.24) is 4.98 Å². The Balaban J connectivity index is 2.41. The molecule has 0 radical (unpaired) electrons. The highest BCUT2D eigenvalue weighted by Crippen LogP contribution is 2.24. The van der Waals surface area contributed by atoms with E-state index in [0.717, 1.165) is 10.2 Å². The lowest BCUT2D eigenvalue weighted by Crippen LogP contribution is -2.01. The van der Waals surface area contributed by atoms with Gasteiger partial charge in [-0.05, 0) is 35.0 Å². The van der Waals surface area contributed by atoms with Crippen LogP contribution in [0.2, 0.25) is 0 Å². The van der Waals surface area contributed by atoms with Gasteiger partial charge in [0.1, 0.15) is 0 Å². The summed E-state index contributed by atoms with van der Waals surface area (Å²) in [6.07, 6.45) is 1.66. The molecule has 0 N–H and O–H groups in total. The fourth-order valence-corrected chi connectivity index (χ4v) is 2.74. The van der Waals surface area contributed by atoms with Gasteiger partial charge in [0.2, 0.25) is 0 Å². The van der Waals surface area contributed by atoms with Crippen LogP contribution in [0.25, 0.3) is 0 Å². The first kappa shape index (κ1) is 10.5. The average Bonchev–Trinajstić information content (AvgIpc) is 2.63. The standard InChI is InChI=1S/C11H8BrNOS/c1-7-4-8(2-3-13-7)11(14)9-5-15-6-10(9)12/h2-6H,1H3. The molecule has 0 aromatic carbocycles. The van der Waals surface area contributed by atoms with Crippen LogP contribution in [0.4, 0.5) is 0 Å². The van der Waals surface area contributed by atoms with Crippen molar-refractivity contribution in [2.75, 3.05) is 0 Å². The summed E-state index contributed by atoms with van der Waals surface area (Å²) in [5.41, 5.74) is 2.25. The molecule has 2 nitrogen and oxygen atoms in total. The third kappa shape index (κ3) is 2.16. The van der Waals surface area contributed by atoms with Crippen LogP contribution in [0.3, 0.4) is 0 Å². The van der Waals surface area contributed by atoms with Gasteiger partial charge in [-0.25, -0.2) is 0 Å². The van der Waals surface area contributed by atoms with E-state index in [1.165, 1.54) is 11.3 Å². The Morgan fingerprint density at radius 2 is 2.27 bits per heavy atom. The molecule has 0 unspecified atom stereocenters. The third-order valence-corrected chi connectivity index (χ3v) is 3.72. The Morgan fingerprint density at radius 1 is 1.47 bits per heavy atom. The van der Waals surface area contributed by atoms with Crippen molar-refractivity contribution in [3.05, 3.63) is 50.4 Å². The van der Waals surface area contributed by atoms with Crippen molar-refractivity contribution in [2.24, 2.45) is 0 Å². The number of carbonyl (C=O) groups is 1. The van der Waals surface area contributed by atoms with E-state index < -0.39 is 0 Å². The van der Waals surface area contributed by atoms with Crippen molar-refractivity contribution in [3.8, 4) is 0 Å². The molecular weight excluding hydrogens is 274 g/mol. The first-order valence-corrected chi connectivity index (χ1v) is 6.11. The fraction of sp³-hybridized carbons (Fsp3) is 0.0909. The van der Waals surface area contributed by atoms with Gasteiger partial charge in [-0.15, -0.1) is 0 Å². The van der Waals surface area contributed by atoms with E-state index >= 15 is 0 Å². The van der Waals surface area contributed by atoms with Crippen molar-refractivity contribution >= 4 is 33.0 Å². The van der Waals surface area contributed by atoms with Crippen molar-refractivity contribution in [3.63, 3.8) is 0 Å². The Hall–Kier alpha value is -1.00.